The Bertz CT molecular complexity index is 1620. The smallest absolute Gasteiger partial charge is 0.306 e. The third kappa shape index (κ3) is 5.05. The highest BCUT2D eigenvalue weighted by Gasteiger charge is 2.29. The highest BCUT2D eigenvalue weighted by molar-refractivity contribution is 5.81. The van der Waals surface area contributed by atoms with Gasteiger partial charge in [-0.15, -0.1) is 0 Å². The summed E-state index contributed by atoms with van der Waals surface area (Å²) in [6, 6.07) is 16.2. The first-order valence-corrected chi connectivity index (χ1v) is 12.3. The number of rotatable bonds is 7. The lowest BCUT2D eigenvalue weighted by Crippen LogP contribution is -2.30. The summed E-state index contributed by atoms with van der Waals surface area (Å²) in [5, 5.41) is 11.4. The molecule has 0 spiro atoms. The zero-order valence-corrected chi connectivity index (χ0v) is 21.2. The van der Waals surface area contributed by atoms with E-state index >= 15 is 0 Å². The fourth-order valence-electron chi connectivity index (χ4n) is 4.96. The van der Waals surface area contributed by atoms with Crippen molar-refractivity contribution in [2.45, 2.75) is 31.8 Å². The van der Waals surface area contributed by atoms with E-state index in [0.717, 1.165) is 13.0 Å². The highest BCUT2D eigenvalue weighted by Crippen LogP contribution is 2.34. The molecule has 4 aromatic rings. The molecule has 2 aromatic heterocycles. The number of nitrogens with zero attached hydrogens (tertiary/aromatic N) is 1. The van der Waals surface area contributed by atoms with E-state index in [1.165, 1.54) is 31.4 Å². The zero-order chi connectivity index (χ0) is 26.8. The number of pyridine rings is 1. The average molecular weight is 517 g/mol. The lowest BCUT2D eigenvalue weighted by molar-refractivity contribution is -0.140. The quantitative estimate of drug-likeness (QED) is 0.358. The van der Waals surface area contributed by atoms with E-state index in [-0.39, 0.29) is 17.7 Å². The predicted octanol–water partition coefficient (Wildman–Crippen LogP) is 3.45. The molecule has 0 bridgehead atoms. The Morgan fingerprint density at radius 1 is 1.11 bits per heavy atom. The Labute approximate surface area is 218 Å². The zero-order valence-electron chi connectivity index (χ0n) is 21.2. The number of aromatic hydroxyl groups is 1. The van der Waals surface area contributed by atoms with Crippen LogP contribution in [0.2, 0.25) is 0 Å². The van der Waals surface area contributed by atoms with Crippen LogP contribution in [-0.2, 0) is 29.0 Å². The van der Waals surface area contributed by atoms with Gasteiger partial charge in [0.2, 0.25) is 11.2 Å². The van der Waals surface area contributed by atoms with Crippen LogP contribution in [0.5, 0.6) is 11.5 Å². The van der Waals surface area contributed by atoms with E-state index in [9.17, 15) is 19.5 Å². The van der Waals surface area contributed by atoms with Gasteiger partial charge in [0, 0.05) is 35.6 Å². The normalized spacial score (nSPS) is 14.2. The Balaban J connectivity index is 1.56. The fourth-order valence-corrected chi connectivity index (χ4v) is 4.96. The molecule has 0 radical (unpaired) electrons. The number of nitrogens with one attached hydrogen (secondary N) is 1. The molecule has 38 heavy (non-hydrogen) atoms. The molecule has 9 nitrogen and oxygen atoms in total. The second-order valence-corrected chi connectivity index (χ2v) is 9.36. The van der Waals surface area contributed by atoms with Gasteiger partial charge in [0.05, 0.1) is 33.1 Å². The number of aromatic amines is 1. The van der Waals surface area contributed by atoms with Crippen LogP contribution >= 0.6 is 0 Å². The number of hydrogen-bond donors (Lipinski definition) is 2. The first-order chi connectivity index (χ1) is 18.4. The third-order valence-electron chi connectivity index (χ3n) is 6.96. The monoisotopic (exact) mass is 516 g/mol. The number of carbonyl (C=O) groups is 1. The number of esters is 1. The summed E-state index contributed by atoms with van der Waals surface area (Å²) in [6.07, 6.45) is 0.554. The number of benzene rings is 2. The molecule has 1 unspecified atom stereocenters. The van der Waals surface area contributed by atoms with Gasteiger partial charge in [-0.25, -0.2) is 0 Å². The molecular weight excluding hydrogens is 488 g/mol. The van der Waals surface area contributed by atoms with Crippen LogP contribution in [0.25, 0.3) is 10.9 Å². The molecule has 1 atom stereocenters. The van der Waals surface area contributed by atoms with E-state index in [2.05, 4.69) is 22.0 Å². The topological polar surface area (TPSA) is 122 Å². The molecule has 0 fully saturated rings. The Morgan fingerprint density at radius 2 is 1.89 bits per heavy atom. The van der Waals surface area contributed by atoms with Crippen molar-refractivity contribution in [3.8, 4) is 11.5 Å². The van der Waals surface area contributed by atoms with E-state index in [4.69, 9.17) is 13.9 Å². The molecule has 2 N–H and O–H groups in total. The van der Waals surface area contributed by atoms with Crippen LogP contribution in [0.1, 0.15) is 40.5 Å². The molecule has 1 aliphatic heterocycles. The second-order valence-electron chi connectivity index (χ2n) is 9.36. The molecular formula is C29H28N2O7. The van der Waals surface area contributed by atoms with Crippen molar-refractivity contribution < 1.29 is 23.8 Å². The first-order valence-electron chi connectivity index (χ1n) is 12.3. The lowest BCUT2D eigenvalue weighted by Gasteiger charge is -2.28. The maximum atomic E-state index is 13.1. The average Bonchev–Trinajstić information content (AvgIpc) is 2.93. The molecule has 0 amide bonds. The van der Waals surface area contributed by atoms with Crippen molar-refractivity contribution in [1.82, 2.24) is 9.88 Å². The maximum Gasteiger partial charge on any atom is 0.306 e. The molecule has 2 aromatic carbocycles. The van der Waals surface area contributed by atoms with E-state index < -0.39 is 28.6 Å². The van der Waals surface area contributed by atoms with Crippen LogP contribution in [0, 0.1) is 0 Å². The van der Waals surface area contributed by atoms with E-state index in [1.54, 1.807) is 24.3 Å². The largest absolute Gasteiger partial charge is 0.502 e. The van der Waals surface area contributed by atoms with Gasteiger partial charge in [-0.1, -0.05) is 24.3 Å². The summed E-state index contributed by atoms with van der Waals surface area (Å²) in [4.78, 5) is 43.3. The summed E-state index contributed by atoms with van der Waals surface area (Å²) < 4.78 is 16.2. The fraction of sp³-hybridized carbons (Fsp3) is 0.276. The maximum absolute atomic E-state index is 13.1. The number of ether oxygens (including phenoxy) is 2. The first kappa shape index (κ1) is 25.3. The van der Waals surface area contributed by atoms with Gasteiger partial charge < -0.3 is 24.0 Å². The van der Waals surface area contributed by atoms with Crippen molar-refractivity contribution >= 4 is 16.9 Å². The molecule has 0 saturated carbocycles. The minimum Gasteiger partial charge on any atom is -0.502 e. The molecule has 0 aliphatic carbocycles. The number of fused-ring (bicyclic) bond motifs is 2. The summed E-state index contributed by atoms with van der Waals surface area (Å²) in [5.41, 5.74) is 2.10. The lowest BCUT2D eigenvalue weighted by atomic mass is 9.92. The van der Waals surface area contributed by atoms with Gasteiger partial charge >= 0.3 is 5.97 Å². The Kier molecular flexibility index (Phi) is 7.02. The standard InChI is InChI=1S/C29H28N2O7/c1-36-20-7-8-24-19(11-20)12-23(29(35)30-24)22(14-26(33)37-2)28-27(34)25(32)13-21(38-28)16-31-10-9-17-5-3-4-6-18(17)15-31/h3-8,11-13,22,34H,9-10,14-16H2,1-2H3,(H,30,35). The molecule has 196 valence electrons. The van der Waals surface area contributed by atoms with Gasteiger partial charge in [-0.05, 0) is 41.8 Å². The van der Waals surface area contributed by atoms with Gasteiger partial charge in [0.25, 0.3) is 5.56 Å². The summed E-state index contributed by atoms with van der Waals surface area (Å²) in [6.45, 7) is 1.79. The summed E-state index contributed by atoms with van der Waals surface area (Å²) in [5.74, 6) is -1.56. The van der Waals surface area contributed by atoms with Crippen LogP contribution in [-0.4, -0.2) is 41.7 Å². The highest BCUT2D eigenvalue weighted by atomic mass is 16.5. The second kappa shape index (κ2) is 10.5. The van der Waals surface area contributed by atoms with E-state index in [1.807, 2.05) is 12.1 Å². The van der Waals surface area contributed by atoms with Crippen LogP contribution in [0.4, 0.5) is 0 Å². The van der Waals surface area contributed by atoms with Gasteiger partial charge in [-0.3, -0.25) is 19.3 Å². The number of carbonyl (C=O) groups excluding carboxylic acids is 1. The number of methoxy groups -OCH3 is 2. The summed E-state index contributed by atoms with van der Waals surface area (Å²) >= 11 is 0. The molecule has 0 saturated heterocycles. The number of hydrogen-bond acceptors (Lipinski definition) is 8. The molecule has 5 rings (SSSR count). The van der Waals surface area contributed by atoms with Crippen molar-refractivity contribution in [2.75, 3.05) is 20.8 Å². The SMILES string of the molecule is COC(=O)CC(c1oc(CN2CCc3ccccc3C2)cc(=O)c1O)c1cc2cc(OC)ccc2[nH]c1=O. The van der Waals surface area contributed by atoms with Crippen LogP contribution < -0.4 is 15.7 Å². The third-order valence-corrected chi connectivity index (χ3v) is 6.96. The minimum atomic E-state index is -1.06. The number of aromatic nitrogens is 1. The molecule has 9 heteroatoms. The van der Waals surface area contributed by atoms with Crippen LogP contribution in [0.15, 0.2) is 68.6 Å². The van der Waals surface area contributed by atoms with E-state index in [0.29, 0.717) is 35.5 Å². The molecule has 3 heterocycles. The summed E-state index contributed by atoms with van der Waals surface area (Å²) in [7, 11) is 2.77. The van der Waals surface area contributed by atoms with Gasteiger partial charge in [0.1, 0.15) is 11.5 Å². The number of H-pyrrole nitrogens is 1. The van der Waals surface area contributed by atoms with Crippen molar-refractivity contribution in [2.24, 2.45) is 0 Å². The Hall–Kier alpha value is -4.37. The Morgan fingerprint density at radius 3 is 2.66 bits per heavy atom. The van der Waals surface area contributed by atoms with Crippen LogP contribution in [0.3, 0.4) is 0 Å². The van der Waals surface area contributed by atoms with Gasteiger partial charge in [-0.2, -0.15) is 0 Å². The minimum absolute atomic E-state index is 0.150. The van der Waals surface area contributed by atoms with Gasteiger partial charge in [0.15, 0.2) is 5.76 Å². The van der Waals surface area contributed by atoms with Crippen molar-refractivity contribution in [1.29, 1.82) is 0 Å². The predicted molar refractivity (Wildman–Crippen MR) is 140 cm³/mol. The van der Waals surface area contributed by atoms with Crippen molar-refractivity contribution in [3.63, 3.8) is 0 Å². The van der Waals surface area contributed by atoms with Crippen molar-refractivity contribution in [3.05, 3.63) is 103 Å². The molecule has 1 aliphatic rings.